The van der Waals surface area contributed by atoms with Gasteiger partial charge in [-0.15, -0.1) is 11.3 Å². The Bertz CT molecular complexity index is 1140. The van der Waals surface area contributed by atoms with E-state index in [4.69, 9.17) is 4.74 Å². The number of carboxylic acids is 1. The maximum absolute atomic E-state index is 12.5. The van der Waals surface area contributed by atoms with Crippen molar-refractivity contribution in [1.82, 2.24) is 14.9 Å². The first-order valence-corrected chi connectivity index (χ1v) is 11.3. The molecular formula is C24H25N3O4S. The summed E-state index contributed by atoms with van der Waals surface area (Å²) in [5, 5.41) is 11.6. The molecule has 1 aliphatic heterocycles. The van der Waals surface area contributed by atoms with E-state index in [0.717, 1.165) is 27.9 Å². The number of amides is 1. The van der Waals surface area contributed by atoms with E-state index in [1.165, 1.54) is 0 Å². The summed E-state index contributed by atoms with van der Waals surface area (Å²) >= 11 is 1.56. The second-order valence-corrected chi connectivity index (χ2v) is 9.51. The van der Waals surface area contributed by atoms with Crippen LogP contribution in [0.4, 0.5) is 4.79 Å². The second kappa shape index (κ2) is 8.70. The lowest BCUT2D eigenvalue weighted by molar-refractivity contribution is 0.0220. The molecule has 0 unspecified atom stereocenters. The number of nitrogens with zero attached hydrogens (tertiary/aromatic N) is 3. The first kappa shape index (κ1) is 22.0. The zero-order valence-corrected chi connectivity index (χ0v) is 19.1. The molecule has 3 aromatic rings. The van der Waals surface area contributed by atoms with Gasteiger partial charge in [-0.2, -0.15) is 0 Å². The van der Waals surface area contributed by atoms with Crippen LogP contribution < -0.4 is 0 Å². The van der Waals surface area contributed by atoms with Gasteiger partial charge in [0, 0.05) is 17.5 Å². The highest BCUT2D eigenvalue weighted by Crippen LogP contribution is 2.27. The molecular weight excluding hydrogens is 426 g/mol. The first-order valence-electron chi connectivity index (χ1n) is 10.4. The molecule has 0 fully saturated rings. The molecule has 7 nitrogen and oxygen atoms in total. The number of rotatable bonds is 4. The van der Waals surface area contributed by atoms with Crippen molar-refractivity contribution >= 4 is 23.4 Å². The van der Waals surface area contributed by atoms with Crippen LogP contribution in [-0.4, -0.2) is 44.2 Å². The van der Waals surface area contributed by atoms with Crippen molar-refractivity contribution in [2.24, 2.45) is 0 Å². The molecule has 0 saturated heterocycles. The van der Waals surface area contributed by atoms with Crippen molar-refractivity contribution in [3.8, 4) is 11.3 Å². The molecule has 1 N–H and O–H groups in total. The Morgan fingerprint density at radius 1 is 1.22 bits per heavy atom. The van der Waals surface area contributed by atoms with Crippen molar-refractivity contribution in [2.75, 3.05) is 6.54 Å². The number of hydrogen-bond acceptors (Lipinski definition) is 6. The van der Waals surface area contributed by atoms with Crippen molar-refractivity contribution in [3.63, 3.8) is 0 Å². The average Bonchev–Trinajstić information content (AvgIpc) is 3.27. The van der Waals surface area contributed by atoms with Crippen LogP contribution in [-0.2, 0) is 24.1 Å². The summed E-state index contributed by atoms with van der Waals surface area (Å²) in [6, 6.07) is 9.79. The summed E-state index contributed by atoms with van der Waals surface area (Å²) in [5.41, 5.74) is 6.83. The number of fused-ring (bicyclic) bond motifs is 1. The number of carboxylic acid groups (broad SMARTS) is 1. The minimum absolute atomic E-state index is 0.0103. The molecule has 8 heteroatoms. The van der Waals surface area contributed by atoms with E-state index >= 15 is 0 Å². The Kier molecular flexibility index (Phi) is 5.97. The fourth-order valence-electron chi connectivity index (χ4n) is 3.74. The number of hydrogen-bond donors (Lipinski definition) is 1. The van der Waals surface area contributed by atoms with Crippen molar-refractivity contribution < 1.29 is 19.4 Å². The predicted octanol–water partition coefficient (Wildman–Crippen LogP) is 4.79. The number of carbonyl (C=O) groups is 2. The van der Waals surface area contributed by atoms with E-state index in [9.17, 15) is 14.7 Å². The predicted molar refractivity (Wildman–Crippen MR) is 122 cm³/mol. The van der Waals surface area contributed by atoms with Crippen LogP contribution in [0, 0.1) is 0 Å². The lowest BCUT2D eigenvalue weighted by atomic mass is 9.93. The van der Waals surface area contributed by atoms with Crippen LogP contribution in [0.5, 0.6) is 0 Å². The van der Waals surface area contributed by atoms with E-state index in [2.05, 4.69) is 9.97 Å². The summed E-state index contributed by atoms with van der Waals surface area (Å²) in [5.74, 6) is -1.08. The third-order valence-electron chi connectivity index (χ3n) is 5.22. The van der Waals surface area contributed by atoms with Gasteiger partial charge in [-0.1, -0.05) is 24.3 Å². The Labute approximate surface area is 190 Å². The molecule has 3 heterocycles. The quantitative estimate of drug-likeness (QED) is 0.613. The fraction of sp³-hybridized carbons (Fsp3) is 0.333. The Morgan fingerprint density at radius 3 is 2.59 bits per heavy atom. The molecule has 2 aromatic heterocycles. The number of thiazole rings is 1. The lowest BCUT2D eigenvalue weighted by Gasteiger charge is -2.31. The van der Waals surface area contributed by atoms with Gasteiger partial charge in [0.15, 0.2) is 0 Å². The van der Waals surface area contributed by atoms with Gasteiger partial charge in [-0.3, -0.25) is 0 Å². The second-order valence-electron chi connectivity index (χ2n) is 8.80. The molecule has 1 aliphatic rings. The molecule has 0 aliphatic carbocycles. The molecule has 1 aromatic carbocycles. The Hall–Kier alpha value is -3.26. The highest BCUT2D eigenvalue weighted by atomic mass is 32.1. The van der Waals surface area contributed by atoms with Crippen LogP contribution in [0.3, 0.4) is 0 Å². The largest absolute Gasteiger partial charge is 0.477 e. The molecule has 0 saturated carbocycles. The molecule has 0 bridgehead atoms. The van der Waals surface area contributed by atoms with Gasteiger partial charge in [-0.05, 0) is 56.4 Å². The monoisotopic (exact) mass is 451 g/mol. The van der Waals surface area contributed by atoms with Gasteiger partial charge < -0.3 is 14.7 Å². The van der Waals surface area contributed by atoms with Crippen LogP contribution in [0.2, 0.25) is 0 Å². The van der Waals surface area contributed by atoms with Crippen molar-refractivity contribution in [2.45, 2.75) is 45.8 Å². The number of aromatic nitrogens is 2. The van der Waals surface area contributed by atoms with Gasteiger partial charge >= 0.3 is 12.1 Å². The SMILES string of the molecule is CC(C)(C)OC(=O)N1CCc2c(Cc3ccc(-c4cscn4)cc3)cc(C(=O)O)nc2C1. The molecule has 0 atom stereocenters. The number of pyridine rings is 1. The highest BCUT2D eigenvalue weighted by Gasteiger charge is 2.28. The molecule has 4 rings (SSSR count). The number of ether oxygens (including phenoxy) is 1. The van der Waals surface area contributed by atoms with Gasteiger partial charge in [0.1, 0.15) is 11.3 Å². The van der Waals surface area contributed by atoms with E-state index in [-0.39, 0.29) is 12.2 Å². The molecule has 166 valence electrons. The normalized spacial score (nSPS) is 13.5. The van der Waals surface area contributed by atoms with Crippen LogP contribution >= 0.6 is 11.3 Å². The summed E-state index contributed by atoms with van der Waals surface area (Å²) in [4.78, 5) is 34.5. The van der Waals surface area contributed by atoms with Crippen LogP contribution in [0.1, 0.15) is 53.6 Å². The third-order valence-corrected chi connectivity index (χ3v) is 5.81. The number of benzene rings is 1. The summed E-state index contributed by atoms with van der Waals surface area (Å²) in [6.45, 7) is 6.21. The van der Waals surface area contributed by atoms with Gasteiger partial charge in [0.2, 0.25) is 0 Å². The molecule has 1 amide bonds. The fourth-order valence-corrected chi connectivity index (χ4v) is 4.30. The highest BCUT2D eigenvalue weighted by molar-refractivity contribution is 7.07. The Morgan fingerprint density at radius 2 is 1.97 bits per heavy atom. The first-order chi connectivity index (χ1) is 15.2. The smallest absolute Gasteiger partial charge is 0.410 e. The zero-order valence-electron chi connectivity index (χ0n) is 18.3. The van der Waals surface area contributed by atoms with Gasteiger partial charge in [0.05, 0.1) is 23.4 Å². The van der Waals surface area contributed by atoms with Crippen LogP contribution in [0.15, 0.2) is 41.2 Å². The van der Waals surface area contributed by atoms with E-state index in [1.54, 1.807) is 27.8 Å². The number of aromatic carboxylic acids is 1. The van der Waals surface area contributed by atoms with Gasteiger partial charge in [-0.25, -0.2) is 19.6 Å². The number of carbonyl (C=O) groups excluding carboxylic acids is 1. The average molecular weight is 452 g/mol. The van der Waals surface area contributed by atoms with Gasteiger partial charge in [0.25, 0.3) is 0 Å². The van der Waals surface area contributed by atoms with E-state index < -0.39 is 17.7 Å². The zero-order chi connectivity index (χ0) is 22.9. The third kappa shape index (κ3) is 4.96. The summed E-state index contributed by atoms with van der Waals surface area (Å²) < 4.78 is 5.48. The standard InChI is InChI=1S/C24H25N3O4S/c1-24(2,3)31-23(30)27-9-8-18-17(11-19(22(28)29)26-20(18)12-27)10-15-4-6-16(7-5-15)21-13-32-14-25-21/h4-7,11,13-14H,8-10,12H2,1-3H3,(H,28,29). The van der Waals surface area contributed by atoms with Crippen molar-refractivity contribution in [3.05, 3.63) is 69.3 Å². The topological polar surface area (TPSA) is 92.6 Å². The van der Waals surface area contributed by atoms with E-state index in [0.29, 0.717) is 25.1 Å². The summed E-state index contributed by atoms with van der Waals surface area (Å²) in [7, 11) is 0. The minimum atomic E-state index is -1.08. The van der Waals surface area contributed by atoms with Crippen molar-refractivity contribution in [1.29, 1.82) is 0 Å². The van der Waals surface area contributed by atoms with E-state index in [1.807, 2.05) is 50.4 Å². The van der Waals surface area contributed by atoms with Crippen LogP contribution in [0.25, 0.3) is 11.3 Å². The maximum atomic E-state index is 12.5. The molecule has 32 heavy (non-hydrogen) atoms. The minimum Gasteiger partial charge on any atom is -0.477 e. The lowest BCUT2D eigenvalue weighted by Crippen LogP contribution is -2.40. The maximum Gasteiger partial charge on any atom is 0.410 e. The molecule has 0 spiro atoms. The summed E-state index contributed by atoms with van der Waals surface area (Å²) in [6.07, 6.45) is 0.785. The Balaban J connectivity index is 1.60. The molecule has 0 radical (unpaired) electrons.